The molecule has 0 spiro atoms. The summed E-state index contributed by atoms with van der Waals surface area (Å²) >= 11 is 4.81. The third-order valence-electron chi connectivity index (χ3n) is 5.96. The third kappa shape index (κ3) is 4.37. The van der Waals surface area contributed by atoms with Crippen molar-refractivity contribution in [3.05, 3.63) is 29.8 Å². The zero-order chi connectivity index (χ0) is 22.4. The molecule has 0 aromatic heterocycles. The number of aliphatic hydroxyl groups excluding tert-OH is 1. The number of carboxylic acid groups (broad SMARTS) is 1. The summed E-state index contributed by atoms with van der Waals surface area (Å²) in [7, 11) is 0. The molecule has 1 aromatic rings. The smallest absolute Gasteiger partial charge is 0.332 e. The lowest BCUT2D eigenvalue weighted by Crippen LogP contribution is -2.51. The number of aliphatic hydroxyl groups is 1. The van der Waals surface area contributed by atoms with Crippen LogP contribution in [0.15, 0.2) is 34.3 Å². The topological polar surface area (TPSA) is 115 Å². The van der Waals surface area contributed by atoms with Crippen LogP contribution in [0.1, 0.15) is 26.3 Å². The molecule has 1 saturated heterocycles. The number of nitrogens with one attached hydrogen (secondary N) is 1. The first-order valence-electron chi connectivity index (χ1n) is 10.1. The summed E-state index contributed by atoms with van der Waals surface area (Å²) < 4.78 is 0. The van der Waals surface area contributed by atoms with Crippen molar-refractivity contribution >= 4 is 51.3 Å². The van der Waals surface area contributed by atoms with Crippen LogP contribution in [-0.2, 0) is 4.79 Å². The van der Waals surface area contributed by atoms with Crippen LogP contribution in [0.5, 0.6) is 5.75 Å². The van der Waals surface area contributed by atoms with Crippen molar-refractivity contribution in [3.8, 4) is 5.75 Å². The Bertz CT molecular complexity index is 938. The Morgan fingerprint density at radius 1 is 1.29 bits per heavy atom. The Labute approximate surface area is 194 Å². The van der Waals surface area contributed by atoms with Gasteiger partial charge >= 0.3 is 5.97 Å². The lowest BCUT2D eigenvalue weighted by Gasteiger charge is -2.34. The molecule has 0 bridgehead atoms. The normalized spacial score (nSPS) is 32.1. The van der Waals surface area contributed by atoms with E-state index in [0.29, 0.717) is 10.8 Å². The monoisotopic (exact) mass is 481 g/mol. The molecule has 0 aliphatic carbocycles. The van der Waals surface area contributed by atoms with Gasteiger partial charge in [-0.1, -0.05) is 26.0 Å². The first kappa shape index (κ1) is 23.0. The van der Waals surface area contributed by atoms with Crippen molar-refractivity contribution in [3.63, 3.8) is 0 Å². The van der Waals surface area contributed by atoms with E-state index in [9.17, 15) is 20.1 Å². The van der Waals surface area contributed by atoms with Gasteiger partial charge in [0.05, 0.1) is 22.6 Å². The molecular weight excluding hydrogens is 454 g/mol. The molecule has 4 rings (SSSR count). The van der Waals surface area contributed by atoms with Crippen molar-refractivity contribution in [2.24, 2.45) is 15.4 Å². The number of aliphatic imine (C=N–C) groups is 2. The minimum atomic E-state index is -1.13. The third-order valence-corrected chi connectivity index (χ3v) is 10.0. The number of phenols is 1. The molecule has 1 aromatic carbocycles. The maximum Gasteiger partial charge on any atom is 0.332 e. The van der Waals surface area contributed by atoms with Crippen LogP contribution in [0.4, 0.5) is 0 Å². The number of hydrogen-bond acceptors (Lipinski definition) is 9. The predicted octanol–water partition coefficient (Wildman–Crippen LogP) is 2.66. The molecule has 10 heteroatoms. The molecule has 3 aliphatic heterocycles. The standard InChI is InChI=1S/C21H27N3O4S3/c1-20(2,18-24-21(3,10-31-18)19(27)28)15(26)12-8-30-17(22-12)13-9-29-16(23-13)11-6-4-5-7-14(11)25/h4-7,12-13,15,17,22,25-26H,8-10H2,1-3H3,(H,27,28). The minimum Gasteiger partial charge on any atom is -0.507 e. The summed E-state index contributed by atoms with van der Waals surface area (Å²) in [6.45, 7) is 5.47. The Morgan fingerprint density at radius 3 is 2.71 bits per heavy atom. The van der Waals surface area contributed by atoms with Crippen LogP contribution in [0.25, 0.3) is 0 Å². The van der Waals surface area contributed by atoms with Crippen molar-refractivity contribution in [2.45, 2.75) is 49.9 Å². The number of para-hydroxylation sites is 1. The first-order valence-corrected chi connectivity index (χ1v) is 13.1. The summed E-state index contributed by atoms with van der Waals surface area (Å²) in [4.78, 5) is 20.8. The van der Waals surface area contributed by atoms with E-state index in [1.807, 2.05) is 26.0 Å². The van der Waals surface area contributed by atoms with Crippen LogP contribution >= 0.6 is 35.3 Å². The number of rotatable bonds is 6. The van der Waals surface area contributed by atoms with Crippen LogP contribution in [0.2, 0.25) is 0 Å². The molecular formula is C21H27N3O4S3. The van der Waals surface area contributed by atoms with Gasteiger partial charge in [0.2, 0.25) is 0 Å². The number of carboxylic acids is 1. The maximum absolute atomic E-state index is 11.5. The van der Waals surface area contributed by atoms with E-state index in [1.54, 1.807) is 42.6 Å². The first-order chi connectivity index (χ1) is 14.6. The number of aliphatic carboxylic acids is 1. The lowest BCUT2D eigenvalue weighted by molar-refractivity contribution is -0.141. The van der Waals surface area contributed by atoms with E-state index < -0.39 is 23.0 Å². The van der Waals surface area contributed by atoms with Crippen molar-refractivity contribution < 1.29 is 20.1 Å². The fourth-order valence-corrected chi connectivity index (χ4v) is 7.80. The van der Waals surface area contributed by atoms with E-state index in [4.69, 9.17) is 4.99 Å². The molecule has 7 nitrogen and oxygen atoms in total. The number of hydrogen-bond donors (Lipinski definition) is 4. The second-order valence-electron chi connectivity index (χ2n) is 8.81. The second-order valence-corrected chi connectivity index (χ2v) is 12.0. The van der Waals surface area contributed by atoms with Crippen molar-refractivity contribution in [1.82, 2.24) is 5.32 Å². The summed E-state index contributed by atoms with van der Waals surface area (Å²) in [5.41, 5.74) is -1.03. The van der Waals surface area contributed by atoms with Gasteiger partial charge < -0.3 is 15.3 Å². The molecule has 3 aliphatic rings. The highest BCUT2D eigenvalue weighted by Crippen LogP contribution is 2.41. The van der Waals surface area contributed by atoms with Crippen LogP contribution in [0, 0.1) is 5.41 Å². The minimum absolute atomic E-state index is 0.0541. The van der Waals surface area contributed by atoms with Crippen LogP contribution in [0.3, 0.4) is 0 Å². The van der Waals surface area contributed by atoms with Gasteiger partial charge in [-0.25, -0.2) is 4.79 Å². The highest BCUT2D eigenvalue weighted by Gasteiger charge is 2.48. The van der Waals surface area contributed by atoms with E-state index in [1.165, 1.54) is 11.8 Å². The van der Waals surface area contributed by atoms with E-state index in [0.717, 1.165) is 22.1 Å². The lowest BCUT2D eigenvalue weighted by atomic mass is 9.83. The number of nitrogens with zero attached hydrogens (tertiary/aromatic N) is 2. The predicted molar refractivity (Wildman–Crippen MR) is 130 cm³/mol. The molecule has 0 saturated carbocycles. The second kappa shape index (κ2) is 8.62. The Kier molecular flexibility index (Phi) is 6.39. The highest BCUT2D eigenvalue weighted by atomic mass is 32.2. The summed E-state index contributed by atoms with van der Waals surface area (Å²) in [5, 5.41) is 35.9. The van der Waals surface area contributed by atoms with Gasteiger partial charge in [-0.15, -0.1) is 35.3 Å². The summed E-state index contributed by atoms with van der Waals surface area (Å²) in [5.74, 6) is 1.24. The van der Waals surface area contributed by atoms with Gasteiger partial charge in [-0.05, 0) is 19.1 Å². The van der Waals surface area contributed by atoms with Gasteiger partial charge in [0.25, 0.3) is 0 Å². The number of benzene rings is 1. The van der Waals surface area contributed by atoms with Crippen LogP contribution in [-0.4, -0.2) is 77.7 Å². The van der Waals surface area contributed by atoms with E-state index in [-0.39, 0.29) is 23.2 Å². The average molecular weight is 482 g/mol. The Morgan fingerprint density at radius 2 is 2.03 bits per heavy atom. The van der Waals surface area contributed by atoms with E-state index >= 15 is 0 Å². The SMILES string of the molecule is CC1(C(=O)O)CSC(C(C)(C)C(O)C2CSC(C3CSC(c4ccccc4O)=N3)N2)=N1. The van der Waals surface area contributed by atoms with Gasteiger partial charge in [-0.3, -0.25) is 15.3 Å². The van der Waals surface area contributed by atoms with Gasteiger partial charge in [0, 0.05) is 34.3 Å². The molecule has 0 amide bonds. The zero-order valence-electron chi connectivity index (χ0n) is 17.6. The number of aromatic hydroxyl groups is 1. The molecule has 3 heterocycles. The maximum atomic E-state index is 11.5. The summed E-state index contributed by atoms with van der Waals surface area (Å²) in [6, 6.07) is 7.14. The van der Waals surface area contributed by atoms with E-state index in [2.05, 4.69) is 10.3 Å². The quantitative estimate of drug-likeness (QED) is 0.490. The summed E-state index contributed by atoms with van der Waals surface area (Å²) in [6.07, 6.45) is -0.705. The fraction of sp³-hybridized carbons (Fsp3) is 0.571. The van der Waals surface area contributed by atoms with Gasteiger partial charge in [-0.2, -0.15) is 0 Å². The number of carbonyl (C=O) groups is 1. The average Bonchev–Trinajstić information content (AvgIpc) is 3.47. The highest BCUT2D eigenvalue weighted by molar-refractivity contribution is 8.15. The fourth-order valence-electron chi connectivity index (χ4n) is 3.83. The Balaban J connectivity index is 1.43. The zero-order valence-corrected chi connectivity index (χ0v) is 20.1. The molecule has 168 valence electrons. The van der Waals surface area contributed by atoms with Gasteiger partial charge in [0.1, 0.15) is 10.8 Å². The largest absolute Gasteiger partial charge is 0.507 e. The molecule has 4 N–H and O–H groups in total. The number of phenolic OH excluding ortho intramolecular Hbond substituents is 1. The van der Waals surface area contributed by atoms with Crippen LogP contribution < -0.4 is 5.32 Å². The number of thioether (sulfide) groups is 3. The molecule has 1 fully saturated rings. The van der Waals surface area contributed by atoms with Gasteiger partial charge in [0.15, 0.2) is 5.54 Å². The molecule has 0 radical (unpaired) electrons. The molecule has 5 unspecified atom stereocenters. The van der Waals surface area contributed by atoms with Crippen molar-refractivity contribution in [1.29, 1.82) is 0 Å². The molecule has 31 heavy (non-hydrogen) atoms. The van der Waals surface area contributed by atoms with Crippen molar-refractivity contribution in [2.75, 3.05) is 17.3 Å². The Hall–Kier alpha value is -1.20. The molecule has 5 atom stereocenters.